The number of para-hydroxylation sites is 2. The van der Waals surface area contributed by atoms with Crippen LogP contribution in [0.2, 0.25) is 5.02 Å². The van der Waals surface area contributed by atoms with Crippen molar-refractivity contribution in [3.8, 4) is 11.5 Å². The van der Waals surface area contributed by atoms with Crippen molar-refractivity contribution >= 4 is 33.3 Å². The average molecular weight is 488 g/mol. The number of ether oxygens (including phenoxy) is 3. The number of anilines is 1. The Balaban J connectivity index is 1.49. The number of hydrogen-bond donors (Lipinski definition) is 0. The number of sulfonamides is 1. The summed E-state index contributed by atoms with van der Waals surface area (Å²) in [5.74, 6) is -0.0203. The average Bonchev–Trinajstić information content (AvgIpc) is 3.27. The first-order valence-corrected chi connectivity index (χ1v) is 12.1. The molecular weight excluding hydrogens is 466 g/mol. The van der Waals surface area contributed by atoms with E-state index in [0.29, 0.717) is 29.4 Å². The number of nitrogens with zero attached hydrogens (tertiary/aromatic N) is 1. The third-order valence-corrected chi connectivity index (χ3v) is 7.36. The van der Waals surface area contributed by atoms with Crippen molar-refractivity contribution in [1.29, 1.82) is 0 Å². The molecule has 0 amide bonds. The monoisotopic (exact) mass is 487 g/mol. The van der Waals surface area contributed by atoms with Gasteiger partial charge < -0.3 is 14.2 Å². The maximum atomic E-state index is 13.3. The molecule has 0 unspecified atom stereocenters. The van der Waals surface area contributed by atoms with E-state index < -0.39 is 16.0 Å². The summed E-state index contributed by atoms with van der Waals surface area (Å²) in [5.41, 5.74) is 1.63. The van der Waals surface area contributed by atoms with Crippen molar-refractivity contribution in [2.75, 3.05) is 31.2 Å². The first kappa shape index (κ1) is 22.9. The molecule has 0 bridgehead atoms. The summed E-state index contributed by atoms with van der Waals surface area (Å²) >= 11 is 6.04. The predicted octanol–water partition coefficient (Wildman–Crippen LogP) is 4.34. The third kappa shape index (κ3) is 4.77. The number of rotatable bonds is 8. The van der Waals surface area contributed by atoms with Crippen LogP contribution in [0.15, 0.2) is 71.6 Å². The zero-order chi connectivity index (χ0) is 23.4. The molecule has 1 aliphatic rings. The molecular formula is C24H22ClNO6S. The Bertz CT molecular complexity index is 1280. The van der Waals surface area contributed by atoms with Gasteiger partial charge in [0.15, 0.2) is 0 Å². The van der Waals surface area contributed by atoms with Crippen molar-refractivity contribution in [2.45, 2.75) is 11.3 Å². The van der Waals surface area contributed by atoms with Gasteiger partial charge in [-0.1, -0.05) is 41.9 Å². The van der Waals surface area contributed by atoms with Crippen LogP contribution in [0.4, 0.5) is 5.69 Å². The lowest BCUT2D eigenvalue weighted by atomic mass is 10.2. The Morgan fingerprint density at radius 3 is 2.55 bits per heavy atom. The van der Waals surface area contributed by atoms with Crippen LogP contribution in [-0.4, -0.2) is 41.3 Å². The number of carbonyl (C=O) groups is 1. The molecule has 4 rings (SSSR count). The highest BCUT2D eigenvalue weighted by molar-refractivity contribution is 7.92. The molecule has 0 aliphatic carbocycles. The summed E-state index contributed by atoms with van der Waals surface area (Å²) in [7, 11) is -2.47. The highest BCUT2D eigenvalue weighted by Gasteiger charge is 2.31. The van der Waals surface area contributed by atoms with E-state index in [0.717, 1.165) is 5.56 Å². The van der Waals surface area contributed by atoms with E-state index in [1.165, 1.54) is 29.6 Å². The third-order valence-electron chi connectivity index (χ3n) is 5.23. The number of halogens is 1. The van der Waals surface area contributed by atoms with Gasteiger partial charge in [0.2, 0.25) is 0 Å². The lowest BCUT2D eigenvalue weighted by Gasteiger charge is -2.20. The Morgan fingerprint density at radius 2 is 1.76 bits per heavy atom. The molecule has 1 aliphatic heterocycles. The normalized spacial score (nSPS) is 12.8. The molecule has 0 aromatic heterocycles. The topological polar surface area (TPSA) is 82.1 Å². The molecule has 172 valence electrons. The maximum Gasteiger partial charge on any atom is 0.342 e. The maximum absolute atomic E-state index is 13.3. The molecule has 0 spiro atoms. The van der Waals surface area contributed by atoms with Crippen LogP contribution in [-0.2, 0) is 21.2 Å². The fourth-order valence-corrected chi connectivity index (χ4v) is 5.34. The van der Waals surface area contributed by atoms with E-state index in [4.69, 9.17) is 25.8 Å². The number of methoxy groups -OCH3 is 1. The second kappa shape index (κ2) is 9.72. The summed E-state index contributed by atoms with van der Waals surface area (Å²) in [5, 5.41) is 0.451. The lowest BCUT2D eigenvalue weighted by Crippen LogP contribution is -2.29. The Labute approximate surface area is 197 Å². The van der Waals surface area contributed by atoms with Crippen LogP contribution >= 0.6 is 11.6 Å². The second-order valence-corrected chi connectivity index (χ2v) is 9.50. The number of hydrogen-bond acceptors (Lipinski definition) is 6. The standard InChI is InChI=1S/C24H22ClNO6S/c1-30-22-11-10-18(33(28,29)26-13-12-17-6-2-4-8-21(17)26)16-19(22)24(27)32-15-14-31-23-9-5-3-7-20(23)25/h2-11,16H,12-15H2,1H3. The molecule has 7 nitrogen and oxygen atoms in total. The SMILES string of the molecule is COc1ccc(S(=O)(=O)N2CCc3ccccc32)cc1C(=O)OCCOc1ccccc1Cl. The zero-order valence-corrected chi connectivity index (χ0v) is 19.4. The number of benzene rings is 3. The molecule has 3 aromatic carbocycles. The number of esters is 1. The van der Waals surface area contributed by atoms with E-state index in [1.54, 1.807) is 36.4 Å². The highest BCUT2D eigenvalue weighted by Crippen LogP contribution is 2.34. The Hall–Kier alpha value is -3.23. The molecule has 0 atom stereocenters. The van der Waals surface area contributed by atoms with Crippen molar-refractivity contribution in [1.82, 2.24) is 0 Å². The van der Waals surface area contributed by atoms with Gasteiger partial charge >= 0.3 is 5.97 Å². The lowest BCUT2D eigenvalue weighted by molar-refractivity contribution is 0.0446. The van der Waals surface area contributed by atoms with Gasteiger partial charge in [0.1, 0.15) is 30.3 Å². The van der Waals surface area contributed by atoms with E-state index in [9.17, 15) is 13.2 Å². The van der Waals surface area contributed by atoms with Crippen LogP contribution in [0, 0.1) is 0 Å². The summed E-state index contributed by atoms with van der Waals surface area (Å²) in [4.78, 5) is 12.7. The van der Waals surface area contributed by atoms with Crippen molar-refractivity contribution in [3.63, 3.8) is 0 Å². The summed E-state index contributed by atoms with van der Waals surface area (Å²) < 4.78 is 44.1. The fraction of sp³-hybridized carbons (Fsp3) is 0.208. The molecule has 9 heteroatoms. The summed E-state index contributed by atoms with van der Waals surface area (Å²) in [6.07, 6.45) is 0.631. The minimum atomic E-state index is -3.87. The van der Waals surface area contributed by atoms with Crippen molar-refractivity contribution in [3.05, 3.63) is 82.9 Å². The van der Waals surface area contributed by atoms with E-state index in [2.05, 4.69) is 0 Å². The Kier molecular flexibility index (Phi) is 6.76. The largest absolute Gasteiger partial charge is 0.496 e. The molecule has 0 N–H and O–H groups in total. The number of carbonyl (C=O) groups excluding carboxylic acids is 1. The predicted molar refractivity (Wildman–Crippen MR) is 125 cm³/mol. The minimum absolute atomic E-state index is 0.0146. The highest BCUT2D eigenvalue weighted by atomic mass is 35.5. The molecule has 33 heavy (non-hydrogen) atoms. The van der Waals surface area contributed by atoms with Crippen LogP contribution in [0.1, 0.15) is 15.9 Å². The second-order valence-electron chi connectivity index (χ2n) is 7.23. The van der Waals surface area contributed by atoms with Crippen molar-refractivity contribution < 1.29 is 27.4 Å². The van der Waals surface area contributed by atoms with Gasteiger partial charge in [0, 0.05) is 6.54 Å². The first-order valence-electron chi connectivity index (χ1n) is 10.2. The molecule has 3 aromatic rings. The van der Waals surface area contributed by atoms with E-state index >= 15 is 0 Å². The van der Waals surface area contributed by atoms with Gasteiger partial charge in [-0.2, -0.15) is 0 Å². The van der Waals surface area contributed by atoms with Crippen LogP contribution in [0.3, 0.4) is 0 Å². The quantitative estimate of drug-likeness (QED) is 0.347. The molecule has 0 fully saturated rings. The summed E-state index contributed by atoms with van der Waals surface area (Å²) in [6, 6.07) is 18.5. The minimum Gasteiger partial charge on any atom is -0.496 e. The van der Waals surface area contributed by atoms with E-state index in [-0.39, 0.29) is 29.4 Å². The molecule has 0 saturated carbocycles. The summed E-state index contributed by atoms with van der Waals surface area (Å²) in [6.45, 7) is 0.372. The van der Waals surface area contributed by atoms with Gasteiger partial charge in [0.05, 0.1) is 22.7 Å². The smallest absolute Gasteiger partial charge is 0.342 e. The van der Waals surface area contributed by atoms with Crippen molar-refractivity contribution in [2.24, 2.45) is 0 Å². The van der Waals surface area contributed by atoms with Gasteiger partial charge in [-0.3, -0.25) is 4.31 Å². The van der Waals surface area contributed by atoms with Crippen LogP contribution in [0.5, 0.6) is 11.5 Å². The fourth-order valence-electron chi connectivity index (χ4n) is 3.62. The first-order chi connectivity index (χ1) is 15.9. The van der Waals surface area contributed by atoms with Gasteiger partial charge in [0.25, 0.3) is 10.0 Å². The van der Waals surface area contributed by atoms with Gasteiger partial charge in [-0.15, -0.1) is 0 Å². The zero-order valence-electron chi connectivity index (χ0n) is 17.9. The van der Waals surface area contributed by atoms with E-state index in [1.807, 2.05) is 12.1 Å². The van der Waals surface area contributed by atoms with Gasteiger partial charge in [-0.05, 0) is 48.4 Å². The van der Waals surface area contributed by atoms with Crippen LogP contribution < -0.4 is 13.8 Å². The Morgan fingerprint density at radius 1 is 1.00 bits per heavy atom. The van der Waals surface area contributed by atoms with Crippen LogP contribution in [0.25, 0.3) is 0 Å². The molecule has 0 radical (unpaired) electrons. The van der Waals surface area contributed by atoms with Gasteiger partial charge in [-0.25, -0.2) is 13.2 Å². The molecule has 0 saturated heterocycles. The molecule has 1 heterocycles. The number of fused-ring (bicyclic) bond motifs is 1.